The molecule has 0 aliphatic rings. The van der Waals surface area contributed by atoms with Crippen molar-refractivity contribution in [1.82, 2.24) is 4.98 Å². The maximum atomic E-state index is 9.24. The molecule has 1 heterocycles. The van der Waals surface area contributed by atoms with Crippen LogP contribution in [0.1, 0.15) is 11.9 Å². The number of aromatic hydroxyl groups is 1. The van der Waals surface area contributed by atoms with Gasteiger partial charge in [0.05, 0.1) is 0 Å². The van der Waals surface area contributed by atoms with E-state index in [1.165, 1.54) is 0 Å². The fraction of sp³-hybridized carbons (Fsp3) is 0.0909. The number of ether oxygens (including phenoxy) is 1. The smallest absolute Gasteiger partial charge is 1.00 e. The van der Waals surface area contributed by atoms with Crippen molar-refractivity contribution >= 4 is 22.9 Å². The third kappa shape index (κ3) is 3.87. The van der Waals surface area contributed by atoms with Gasteiger partial charge in [-0.1, -0.05) is 35.1 Å². The van der Waals surface area contributed by atoms with Crippen LogP contribution >= 0.6 is 22.9 Å². The maximum Gasteiger partial charge on any atom is 1.00 e. The molecule has 1 aromatic heterocycles. The number of hydrogen-bond acceptors (Lipinski definition) is 5. The molecule has 0 spiro atoms. The standard InChI is InChI=1S/C11H7ClN2O2S.Na.H/c12-8-3-1-7(2-4-8)6-16-11-14-10(15)9(5-13)17-11;;/h1-4,15H,6H2;;/q;+1;-1. The van der Waals surface area contributed by atoms with Gasteiger partial charge in [-0.25, -0.2) is 0 Å². The van der Waals surface area contributed by atoms with Crippen molar-refractivity contribution < 1.29 is 40.8 Å². The van der Waals surface area contributed by atoms with E-state index in [-0.39, 0.29) is 46.9 Å². The number of nitriles is 1. The average molecular weight is 291 g/mol. The van der Waals surface area contributed by atoms with Gasteiger partial charge in [-0.2, -0.15) is 10.2 Å². The third-order valence-electron chi connectivity index (χ3n) is 1.97. The second kappa shape index (κ2) is 6.98. The Morgan fingerprint density at radius 2 is 2.11 bits per heavy atom. The van der Waals surface area contributed by atoms with E-state index in [1.807, 2.05) is 18.2 Å². The number of nitrogens with zero attached hydrogens (tertiary/aromatic N) is 2. The van der Waals surface area contributed by atoms with Crippen LogP contribution in [-0.2, 0) is 6.61 Å². The molecule has 88 valence electrons. The topological polar surface area (TPSA) is 66.1 Å². The molecular weight excluding hydrogens is 283 g/mol. The summed E-state index contributed by atoms with van der Waals surface area (Å²) in [4.78, 5) is 3.87. The van der Waals surface area contributed by atoms with Gasteiger partial charge >= 0.3 is 29.6 Å². The zero-order valence-corrected chi connectivity index (χ0v) is 13.1. The summed E-state index contributed by atoms with van der Waals surface area (Å²) in [6, 6.07) is 9.03. The van der Waals surface area contributed by atoms with E-state index in [9.17, 15) is 5.11 Å². The van der Waals surface area contributed by atoms with Gasteiger partial charge in [0.15, 0.2) is 4.88 Å². The van der Waals surface area contributed by atoms with Crippen LogP contribution in [-0.4, -0.2) is 10.1 Å². The molecule has 18 heavy (non-hydrogen) atoms. The van der Waals surface area contributed by atoms with Gasteiger partial charge in [-0.05, 0) is 17.7 Å². The van der Waals surface area contributed by atoms with Crippen LogP contribution in [0.5, 0.6) is 11.1 Å². The molecule has 0 saturated carbocycles. The molecular formula is C11H8ClN2NaO2S. The first kappa shape index (κ1) is 15.3. The first-order chi connectivity index (χ1) is 8.19. The van der Waals surface area contributed by atoms with Crippen LogP contribution in [0, 0.1) is 11.3 Å². The molecule has 0 aliphatic carbocycles. The minimum absolute atomic E-state index is 0. The van der Waals surface area contributed by atoms with Crippen LogP contribution in [0.3, 0.4) is 0 Å². The molecule has 0 fully saturated rings. The zero-order chi connectivity index (χ0) is 12.3. The van der Waals surface area contributed by atoms with Crippen molar-refractivity contribution in [3.05, 3.63) is 39.7 Å². The van der Waals surface area contributed by atoms with E-state index in [4.69, 9.17) is 21.6 Å². The van der Waals surface area contributed by atoms with Crippen molar-refractivity contribution in [1.29, 1.82) is 5.26 Å². The van der Waals surface area contributed by atoms with E-state index in [1.54, 1.807) is 12.1 Å². The Bertz CT molecular complexity index is 571. The van der Waals surface area contributed by atoms with Crippen LogP contribution < -0.4 is 34.3 Å². The third-order valence-corrected chi connectivity index (χ3v) is 3.08. The molecule has 7 heteroatoms. The Morgan fingerprint density at radius 3 is 2.67 bits per heavy atom. The average Bonchev–Trinajstić information content (AvgIpc) is 2.69. The largest absolute Gasteiger partial charge is 1.00 e. The molecule has 0 amide bonds. The number of hydrogen-bond donors (Lipinski definition) is 1. The molecule has 2 aromatic rings. The summed E-state index contributed by atoms with van der Waals surface area (Å²) >= 11 is 6.76. The van der Waals surface area contributed by atoms with Gasteiger partial charge in [-0.15, -0.1) is 0 Å². The van der Waals surface area contributed by atoms with Crippen LogP contribution in [0.4, 0.5) is 0 Å². The first-order valence-electron chi connectivity index (χ1n) is 4.66. The van der Waals surface area contributed by atoms with Gasteiger partial charge in [0.2, 0.25) is 5.88 Å². The van der Waals surface area contributed by atoms with Gasteiger partial charge in [0.25, 0.3) is 5.19 Å². The summed E-state index contributed by atoms with van der Waals surface area (Å²) in [5.41, 5.74) is 0.933. The van der Waals surface area contributed by atoms with Gasteiger partial charge in [0, 0.05) is 5.02 Å². The molecule has 0 atom stereocenters. The second-order valence-corrected chi connectivity index (χ2v) is 4.56. The fourth-order valence-electron chi connectivity index (χ4n) is 1.15. The van der Waals surface area contributed by atoms with Gasteiger partial charge in [-0.3, -0.25) is 0 Å². The van der Waals surface area contributed by atoms with Gasteiger partial charge in [0.1, 0.15) is 12.7 Å². The van der Waals surface area contributed by atoms with E-state index in [0.717, 1.165) is 16.9 Å². The van der Waals surface area contributed by atoms with Crippen molar-refractivity contribution in [2.45, 2.75) is 6.61 Å². The van der Waals surface area contributed by atoms with Crippen molar-refractivity contribution in [2.75, 3.05) is 0 Å². The Kier molecular flexibility index (Phi) is 5.93. The number of thiazole rings is 1. The molecule has 1 aromatic carbocycles. The van der Waals surface area contributed by atoms with Crippen molar-refractivity contribution in [3.63, 3.8) is 0 Å². The molecule has 0 saturated heterocycles. The summed E-state index contributed by atoms with van der Waals surface area (Å²) in [5, 5.41) is 18.8. The maximum absolute atomic E-state index is 9.24. The van der Waals surface area contributed by atoms with Gasteiger partial charge < -0.3 is 11.3 Å². The van der Waals surface area contributed by atoms with E-state index >= 15 is 0 Å². The molecule has 2 rings (SSSR count). The molecule has 0 aliphatic heterocycles. The predicted octanol–water partition coefficient (Wildman–Crippen LogP) is 0.0693. The minimum Gasteiger partial charge on any atom is -1.00 e. The molecule has 1 N–H and O–H groups in total. The second-order valence-electron chi connectivity index (χ2n) is 3.16. The van der Waals surface area contributed by atoms with Crippen molar-refractivity contribution in [2.24, 2.45) is 0 Å². The number of aromatic nitrogens is 1. The predicted molar refractivity (Wildman–Crippen MR) is 65.4 cm³/mol. The summed E-state index contributed by atoms with van der Waals surface area (Å²) < 4.78 is 5.35. The van der Waals surface area contributed by atoms with Crippen LogP contribution in [0.15, 0.2) is 24.3 Å². The fourth-order valence-corrected chi connectivity index (χ4v) is 1.89. The molecule has 0 unspecified atom stereocenters. The Hall–Kier alpha value is -0.770. The Morgan fingerprint density at radius 1 is 1.44 bits per heavy atom. The molecule has 4 nitrogen and oxygen atoms in total. The summed E-state index contributed by atoms with van der Waals surface area (Å²) in [6.45, 7) is 0.314. The zero-order valence-electron chi connectivity index (χ0n) is 10.6. The summed E-state index contributed by atoms with van der Waals surface area (Å²) in [7, 11) is 0. The quantitative estimate of drug-likeness (QED) is 0.813. The number of halogens is 1. The Balaban J connectivity index is 0.00000162. The van der Waals surface area contributed by atoms with E-state index < -0.39 is 0 Å². The van der Waals surface area contributed by atoms with Crippen molar-refractivity contribution in [3.8, 4) is 17.1 Å². The summed E-state index contributed by atoms with van der Waals surface area (Å²) in [6.07, 6.45) is 0. The number of rotatable bonds is 3. The van der Waals surface area contributed by atoms with Crippen LogP contribution in [0.2, 0.25) is 5.02 Å². The molecule has 0 bridgehead atoms. The molecule has 0 radical (unpaired) electrons. The monoisotopic (exact) mass is 290 g/mol. The first-order valence-corrected chi connectivity index (χ1v) is 5.85. The van der Waals surface area contributed by atoms with E-state index in [0.29, 0.717) is 11.6 Å². The minimum atomic E-state index is -0.288. The SMILES string of the molecule is N#Cc1sc(OCc2ccc(Cl)cc2)nc1O.[H-].[Na+]. The normalized spacial score (nSPS) is 9.33. The van der Waals surface area contributed by atoms with Crippen LogP contribution in [0.25, 0.3) is 0 Å². The number of benzene rings is 1. The summed E-state index contributed by atoms with van der Waals surface area (Å²) in [5.74, 6) is -0.288. The Labute approximate surface area is 137 Å². The van der Waals surface area contributed by atoms with E-state index in [2.05, 4.69) is 4.98 Å².